The summed E-state index contributed by atoms with van der Waals surface area (Å²) in [6, 6.07) is 3.97. The minimum Gasteiger partial charge on any atom is -0.465 e. The Morgan fingerprint density at radius 2 is 1.85 bits per heavy atom. The van der Waals surface area contributed by atoms with E-state index in [2.05, 4.69) is 4.74 Å². The van der Waals surface area contributed by atoms with Gasteiger partial charge in [-0.05, 0) is 24.6 Å². The Bertz CT molecular complexity index is 794. The number of hydrogen-bond acceptors (Lipinski definition) is 5. The fourth-order valence-electron chi connectivity index (χ4n) is 2.81. The van der Waals surface area contributed by atoms with Gasteiger partial charge in [0.2, 0.25) is 15.9 Å². The van der Waals surface area contributed by atoms with Crippen molar-refractivity contribution in [2.75, 3.05) is 33.3 Å². The zero-order valence-corrected chi connectivity index (χ0v) is 16.6. The second kappa shape index (κ2) is 8.37. The number of amides is 1. The summed E-state index contributed by atoms with van der Waals surface area (Å²) in [4.78, 5) is 25.3. The number of benzene rings is 1. The fourth-order valence-corrected chi connectivity index (χ4v) is 4.80. The second-order valence-electron chi connectivity index (χ2n) is 6.37. The molecule has 1 heterocycles. The van der Waals surface area contributed by atoms with Gasteiger partial charge in [0, 0.05) is 32.1 Å². The van der Waals surface area contributed by atoms with Gasteiger partial charge in [-0.25, -0.2) is 13.2 Å². The van der Waals surface area contributed by atoms with Crippen LogP contribution < -0.4 is 0 Å². The van der Waals surface area contributed by atoms with E-state index in [4.69, 9.17) is 11.6 Å². The van der Waals surface area contributed by atoms with Gasteiger partial charge in [-0.2, -0.15) is 4.31 Å². The molecule has 9 heteroatoms. The van der Waals surface area contributed by atoms with Crippen LogP contribution in [0.3, 0.4) is 0 Å². The first-order valence-corrected chi connectivity index (χ1v) is 10.2. The quantitative estimate of drug-likeness (QED) is 0.719. The van der Waals surface area contributed by atoms with E-state index < -0.39 is 16.0 Å². The smallest absolute Gasteiger partial charge is 0.337 e. The number of halogens is 1. The summed E-state index contributed by atoms with van der Waals surface area (Å²) in [5.74, 6) is -0.698. The highest BCUT2D eigenvalue weighted by Crippen LogP contribution is 2.27. The van der Waals surface area contributed by atoms with Crippen LogP contribution in [0.15, 0.2) is 23.1 Å². The van der Waals surface area contributed by atoms with Crippen molar-refractivity contribution >= 4 is 33.5 Å². The van der Waals surface area contributed by atoms with Gasteiger partial charge in [0.05, 0.1) is 17.7 Å². The lowest BCUT2D eigenvalue weighted by molar-refractivity contribution is -0.134. The molecule has 2 rings (SSSR count). The van der Waals surface area contributed by atoms with Gasteiger partial charge in [-0.15, -0.1) is 0 Å². The SMILES string of the molecule is COC(=O)c1ccc(S(=O)(=O)N2CCCN(C(=O)C(C)C)CC2)c(Cl)c1. The van der Waals surface area contributed by atoms with E-state index in [1.54, 1.807) is 4.90 Å². The summed E-state index contributed by atoms with van der Waals surface area (Å²) in [5, 5.41) is -0.0349. The minimum absolute atomic E-state index is 0.0183. The lowest BCUT2D eigenvalue weighted by Crippen LogP contribution is -2.39. The third-order valence-corrected chi connectivity index (χ3v) is 6.61. The molecule has 1 aliphatic rings. The first-order valence-electron chi connectivity index (χ1n) is 8.35. The first-order chi connectivity index (χ1) is 12.2. The largest absolute Gasteiger partial charge is 0.465 e. The molecule has 0 aromatic heterocycles. The Hall–Kier alpha value is -1.64. The Morgan fingerprint density at radius 3 is 2.42 bits per heavy atom. The number of nitrogens with zero attached hydrogens (tertiary/aromatic N) is 2. The third-order valence-electron chi connectivity index (χ3n) is 4.23. The van der Waals surface area contributed by atoms with Gasteiger partial charge in [0.25, 0.3) is 0 Å². The summed E-state index contributed by atoms with van der Waals surface area (Å²) in [5.41, 5.74) is 0.182. The van der Waals surface area contributed by atoms with Gasteiger partial charge in [0.1, 0.15) is 4.90 Å². The molecule has 1 fully saturated rings. The normalized spacial score (nSPS) is 16.4. The van der Waals surface area contributed by atoms with Crippen LogP contribution in [0.25, 0.3) is 0 Å². The molecule has 1 saturated heterocycles. The Morgan fingerprint density at radius 1 is 1.15 bits per heavy atom. The zero-order valence-electron chi connectivity index (χ0n) is 15.1. The highest BCUT2D eigenvalue weighted by molar-refractivity contribution is 7.89. The first kappa shape index (κ1) is 20.7. The molecule has 0 radical (unpaired) electrons. The number of methoxy groups -OCH3 is 1. The predicted octanol–water partition coefficient (Wildman–Crippen LogP) is 2.01. The Kier molecular flexibility index (Phi) is 6.65. The summed E-state index contributed by atoms with van der Waals surface area (Å²) < 4.78 is 31.8. The van der Waals surface area contributed by atoms with E-state index >= 15 is 0 Å². The molecule has 7 nitrogen and oxygen atoms in total. The van der Waals surface area contributed by atoms with Gasteiger partial charge >= 0.3 is 5.97 Å². The van der Waals surface area contributed by atoms with E-state index in [1.165, 1.54) is 29.6 Å². The molecule has 0 unspecified atom stereocenters. The molecule has 0 saturated carbocycles. The molecule has 0 aliphatic carbocycles. The molecule has 1 aromatic rings. The maximum Gasteiger partial charge on any atom is 0.337 e. The monoisotopic (exact) mass is 402 g/mol. The van der Waals surface area contributed by atoms with Crippen LogP contribution in [0.4, 0.5) is 0 Å². The molecule has 0 N–H and O–H groups in total. The number of rotatable bonds is 4. The highest BCUT2D eigenvalue weighted by atomic mass is 35.5. The van der Waals surface area contributed by atoms with Gasteiger partial charge in [0.15, 0.2) is 0 Å². The maximum absolute atomic E-state index is 12.9. The van der Waals surface area contributed by atoms with Crippen molar-refractivity contribution in [1.29, 1.82) is 0 Å². The van der Waals surface area contributed by atoms with Crippen LogP contribution in [0, 0.1) is 5.92 Å². The molecule has 0 atom stereocenters. The lowest BCUT2D eigenvalue weighted by Gasteiger charge is -2.23. The summed E-state index contributed by atoms with van der Waals surface area (Å²) in [7, 11) is -2.58. The van der Waals surface area contributed by atoms with Crippen molar-refractivity contribution in [3.05, 3.63) is 28.8 Å². The number of esters is 1. The van der Waals surface area contributed by atoms with E-state index in [0.29, 0.717) is 26.1 Å². The maximum atomic E-state index is 12.9. The Balaban J connectivity index is 2.22. The second-order valence-corrected chi connectivity index (χ2v) is 8.69. The molecular weight excluding hydrogens is 380 g/mol. The molecule has 1 amide bonds. The predicted molar refractivity (Wildman–Crippen MR) is 97.6 cm³/mol. The average molecular weight is 403 g/mol. The van der Waals surface area contributed by atoms with E-state index in [9.17, 15) is 18.0 Å². The van der Waals surface area contributed by atoms with Gasteiger partial charge in [-0.3, -0.25) is 4.79 Å². The molecule has 1 aliphatic heterocycles. The molecule has 1 aromatic carbocycles. The number of sulfonamides is 1. The van der Waals surface area contributed by atoms with Gasteiger partial charge in [-0.1, -0.05) is 25.4 Å². The van der Waals surface area contributed by atoms with Crippen LogP contribution in [-0.2, 0) is 19.6 Å². The fraction of sp³-hybridized carbons (Fsp3) is 0.529. The molecule has 144 valence electrons. The van der Waals surface area contributed by atoms with E-state index in [0.717, 1.165) is 0 Å². The number of hydrogen-bond donors (Lipinski definition) is 0. The summed E-state index contributed by atoms with van der Waals surface area (Å²) >= 11 is 6.12. The van der Waals surface area contributed by atoms with Crippen LogP contribution in [0.1, 0.15) is 30.6 Å². The third kappa shape index (κ3) is 4.36. The highest BCUT2D eigenvalue weighted by Gasteiger charge is 2.30. The van der Waals surface area contributed by atoms with Gasteiger partial charge < -0.3 is 9.64 Å². The lowest BCUT2D eigenvalue weighted by atomic mass is 10.2. The number of carbonyl (C=O) groups is 2. The molecule has 26 heavy (non-hydrogen) atoms. The Labute approximate surface area is 158 Å². The van der Waals surface area contributed by atoms with Crippen molar-refractivity contribution in [3.63, 3.8) is 0 Å². The summed E-state index contributed by atoms with van der Waals surface area (Å²) in [6.07, 6.45) is 0.551. The number of ether oxygens (including phenoxy) is 1. The summed E-state index contributed by atoms with van der Waals surface area (Å²) in [6.45, 7) is 5.02. The molecule has 0 spiro atoms. The molecular formula is C17H23ClN2O5S. The van der Waals surface area contributed by atoms with Crippen molar-refractivity contribution in [2.45, 2.75) is 25.2 Å². The minimum atomic E-state index is -3.82. The standard InChI is InChI=1S/C17H23ClN2O5S/c1-12(2)16(21)19-7-4-8-20(10-9-19)26(23,24)15-6-5-13(11-14(15)18)17(22)25-3/h5-6,11-12H,4,7-10H2,1-3H3. The van der Waals surface area contributed by atoms with Crippen LogP contribution in [-0.4, -0.2) is 62.8 Å². The molecule has 0 bridgehead atoms. The van der Waals surface area contributed by atoms with E-state index in [-0.39, 0.29) is 33.9 Å². The van der Waals surface area contributed by atoms with Crippen molar-refractivity contribution in [2.24, 2.45) is 5.92 Å². The van der Waals surface area contributed by atoms with Crippen molar-refractivity contribution < 1.29 is 22.7 Å². The van der Waals surface area contributed by atoms with Crippen LogP contribution in [0.2, 0.25) is 5.02 Å². The van der Waals surface area contributed by atoms with Crippen molar-refractivity contribution in [1.82, 2.24) is 9.21 Å². The number of carbonyl (C=O) groups excluding carboxylic acids is 2. The van der Waals surface area contributed by atoms with Crippen LogP contribution in [0.5, 0.6) is 0 Å². The van der Waals surface area contributed by atoms with E-state index in [1.807, 2.05) is 13.8 Å². The topological polar surface area (TPSA) is 84.0 Å². The average Bonchev–Trinajstić information content (AvgIpc) is 2.86. The zero-order chi connectivity index (χ0) is 19.5. The van der Waals surface area contributed by atoms with Crippen LogP contribution >= 0.6 is 11.6 Å². The van der Waals surface area contributed by atoms with Crippen molar-refractivity contribution in [3.8, 4) is 0 Å².